The third-order valence-corrected chi connectivity index (χ3v) is 4.11. The molecule has 1 atom stereocenters. The van der Waals surface area contributed by atoms with Crippen molar-refractivity contribution in [2.75, 3.05) is 0 Å². The lowest BCUT2D eigenvalue weighted by Gasteiger charge is -2.18. The molecule has 0 aliphatic carbocycles. The van der Waals surface area contributed by atoms with Gasteiger partial charge in [-0.1, -0.05) is 25.4 Å². The number of halogens is 1. The summed E-state index contributed by atoms with van der Waals surface area (Å²) in [6.07, 6.45) is 0. The smallest absolute Gasteiger partial charge is 0.326 e. The van der Waals surface area contributed by atoms with Crippen molar-refractivity contribution in [1.29, 1.82) is 0 Å². The molecule has 0 unspecified atom stereocenters. The molecule has 0 heterocycles. The highest BCUT2D eigenvalue weighted by molar-refractivity contribution is 7.89. The molecule has 1 amide bonds. The first kappa shape index (κ1) is 17.4. The van der Waals surface area contributed by atoms with E-state index in [-0.39, 0.29) is 16.5 Å². The summed E-state index contributed by atoms with van der Waals surface area (Å²) >= 11 is 5.71. The Labute approximate surface area is 127 Å². The van der Waals surface area contributed by atoms with Crippen molar-refractivity contribution in [3.8, 4) is 0 Å². The number of nitrogens with two attached hydrogens (primary N) is 1. The van der Waals surface area contributed by atoms with Crippen LogP contribution in [0.5, 0.6) is 0 Å². The molecule has 0 bridgehead atoms. The van der Waals surface area contributed by atoms with Gasteiger partial charge in [-0.3, -0.25) is 4.79 Å². The Morgan fingerprint density at radius 2 is 1.90 bits per heavy atom. The highest BCUT2D eigenvalue weighted by Crippen LogP contribution is 2.21. The molecule has 21 heavy (non-hydrogen) atoms. The van der Waals surface area contributed by atoms with Crippen LogP contribution in [-0.4, -0.2) is 31.4 Å². The maximum atomic E-state index is 12.0. The predicted octanol–water partition coefficient (Wildman–Crippen LogP) is 0.826. The highest BCUT2D eigenvalue weighted by atomic mass is 35.5. The minimum absolute atomic E-state index is 0.0460. The minimum Gasteiger partial charge on any atom is -0.480 e. The second kappa shape index (κ2) is 6.42. The van der Waals surface area contributed by atoms with Crippen LogP contribution in [0, 0.1) is 5.92 Å². The zero-order valence-corrected chi connectivity index (χ0v) is 12.9. The van der Waals surface area contributed by atoms with E-state index in [4.69, 9.17) is 21.8 Å². The number of carbonyl (C=O) groups excluding carboxylic acids is 1. The van der Waals surface area contributed by atoms with Crippen LogP contribution in [0.15, 0.2) is 23.1 Å². The standard InChI is InChI=1S/C12H15ClN2O5S/c1-6(2)10(12(17)18)15-11(16)7-3-4-8(13)9(5-7)21(14,19)20/h3-6,10H,1-2H3,(H,15,16)(H,17,18)(H2,14,19,20)/t10-/m0/s1. The van der Waals surface area contributed by atoms with Crippen LogP contribution < -0.4 is 10.5 Å². The molecule has 116 valence electrons. The Morgan fingerprint density at radius 3 is 2.33 bits per heavy atom. The van der Waals surface area contributed by atoms with Gasteiger partial charge in [0.25, 0.3) is 5.91 Å². The van der Waals surface area contributed by atoms with Crippen LogP contribution in [0.4, 0.5) is 0 Å². The predicted molar refractivity (Wildman–Crippen MR) is 76.6 cm³/mol. The van der Waals surface area contributed by atoms with Crippen molar-refractivity contribution in [2.24, 2.45) is 11.1 Å². The second-order valence-corrected chi connectivity index (χ2v) is 6.66. The van der Waals surface area contributed by atoms with Crippen LogP contribution in [0.1, 0.15) is 24.2 Å². The van der Waals surface area contributed by atoms with Crippen molar-refractivity contribution in [2.45, 2.75) is 24.8 Å². The topological polar surface area (TPSA) is 127 Å². The zero-order chi connectivity index (χ0) is 16.4. The summed E-state index contributed by atoms with van der Waals surface area (Å²) in [7, 11) is -4.08. The fraction of sp³-hybridized carbons (Fsp3) is 0.333. The molecule has 0 saturated heterocycles. The van der Waals surface area contributed by atoms with Crippen molar-refractivity contribution in [3.63, 3.8) is 0 Å². The van der Waals surface area contributed by atoms with E-state index in [1.54, 1.807) is 13.8 Å². The summed E-state index contributed by atoms with van der Waals surface area (Å²) < 4.78 is 22.7. The van der Waals surface area contributed by atoms with Gasteiger partial charge in [-0.25, -0.2) is 18.4 Å². The molecule has 9 heteroatoms. The van der Waals surface area contributed by atoms with Crippen molar-refractivity contribution >= 4 is 33.5 Å². The fourth-order valence-electron chi connectivity index (χ4n) is 1.60. The summed E-state index contributed by atoms with van der Waals surface area (Å²) in [6, 6.07) is 2.41. The molecular weight excluding hydrogens is 320 g/mol. The van der Waals surface area contributed by atoms with Crippen LogP contribution >= 0.6 is 11.6 Å². The number of sulfonamides is 1. The molecule has 1 rings (SSSR count). The normalized spacial score (nSPS) is 13.0. The first-order chi connectivity index (χ1) is 9.54. The van der Waals surface area contributed by atoms with Crippen LogP contribution in [-0.2, 0) is 14.8 Å². The average Bonchev–Trinajstić information content (AvgIpc) is 2.33. The molecule has 0 spiro atoms. The van der Waals surface area contributed by atoms with E-state index in [1.807, 2.05) is 0 Å². The van der Waals surface area contributed by atoms with Gasteiger partial charge in [0.1, 0.15) is 10.9 Å². The summed E-state index contributed by atoms with van der Waals surface area (Å²) in [6.45, 7) is 3.27. The number of benzene rings is 1. The summed E-state index contributed by atoms with van der Waals surface area (Å²) in [4.78, 5) is 22.6. The fourth-order valence-corrected chi connectivity index (χ4v) is 2.67. The Hall–Kier alpha value is -1.64. The molecular formula is C12H15ClN2O5S. The number of rotatable bonds is 5. The number of nitrogens with one attached hydrogen (secondary N) is 1. The number of carboxylic acids is 1. The second-order valence-electron chi connectivity index (χ2n) is 4.72. The number of carbonyl (C=O) groups is 2. The molecule has 0 fully saturated rings. The molecule has 4 N–H and O–H groups in total. The van der Waals surface area contributed by atoms with Crippen LogP contribution in [0.25, 0.3) is 0 Å². The van der Waals surface area contributed by atoms with Gasteiger partial charge in [-0.2, -0.15) is 0 Å². The zero-order valence-electron chi connectivity index (χ0n) is 11.3. The highest BCUT2D eigenvalue weighted by Gasteiger charge is 2.25. The van der Waals surface area contributed by atoms with Gasteiger partial charge in [0.15, 0.2) is 0 Å². The molecule has 1 aromatic rings. The van der Waals surface area contributed by atoms with Gasteiger partial charge in [0.2, 0.25) is 10.0 Å². The Morgan fingerprint density at radius 1 is 1.33 bits per heavy atom. The van der Waals surface area contributed by atoms with E-state index in [2.05, 4.69) is 5.32 Å². The van der Waals surface area contributed by atoms with Gasteiger partial charge in [-0.05, 0) is 24.1 Å². The average molecular weight is 335 g/mol. The van der Waals surface area contributed by atoms with Gasteiger partial charge >= 0.3 is 5.97 Å². The first-order valence-corrected chi connectivity index (χ1v) is 7.82. The lowest BCUT2D eigenvalue weighted by molar-refractivity contribution is -0.140. The van der Waals surface area contributed by atoms with Crippen molar-refractivity contribution in [3.05, 3.63) is 28.8 Å². The monoisotopic (exact) mass is 334 g/mol. The number of primary sulfonamides is 1. The quantitative estimate of drug-likeness (QED) is 0.735. The number of aliphatic carboxylic acids is 1. The molecule has 0 aromatic heterocycles. The summed E-state index contributed by atoms with van der Waals surface area (Å²) in [5.74, 6) is -2.24. The Balaban J connectivity index is 3.12. The van der Waals surface area contributed by atoms with Crippen LogP contribution in [0.2, 0.25) is 5.02 Å². The molecule has 1 aromatic carbocycles. The lowest BCUT2D eigenvalue weighted by Crippen LogP contribution is -2.44. The van der Waals surface area contributed by atoms with E-state index in [9.17, 15) is 18.0 Å². The van der Waals surface area contributed by atoms with Crippen molar-refractivity contribution in [1.82, 2.24) is 5.32 Å². The first-order valence-electron chi connectivity index (χ1n) is 5.90. The maximum absolute atomic E-state index is 12.0. The molecule has 0 aliphatic heterocycles. The van der Waals surface area contributed by atoms with E-state index >= 15 is 0 Å². The van der Waals surface area contributed by atoms with E-state index < -0.39 is 32.8 Å². The minimum atomic E-state index is -4.08. The Kier molecular flexibility index (Phi) is 5.32. The van der Waals surface area contributed by atoms with E-state index in [1.165, 1.54) is 12.1 Å². The number of hydrogen-bond acceptors (Lipinski definition) is 4. The molecule has 7 nitrogen and oxygen atoms in total. The SMILES string of the molecule is CC(C)[C@H](NC(=O)c1ccc(Cl)c(S(N)(=O)=O)c1)C(=O)O. The molecule has 0 aliphatic rings. The largest absolute Gasteiger partial charge is 0.480 e. The van der Waals surface area contributed by atoms with Crippen LogP contribution in [0.3, 0.4) is 0 Å². The van der Waals surface area contributed by atoms with Crippen molar-refractivity contribution < 1.29 is 23.1 Å². The third-order valence-electron chi connectivity index (χ3n) is 2.72. The Bertz CT molecular complexity index is 672. The molecule has 0 radical (unpaired) electrons. The summed E-state index contributed by atoms with van der Waals surface area (Å²) in [5.41, 5.74) is -0.0460. The summed E-state index contributed by atoms with van der Waals surface area (Å²) in [5, 5.41) is 16.2. The number of hydrogen-bond donors (Lipinski definition) is 3. The molecule has 0 saturated carbocycles. The number of carboxylic acid groups (broad SMARTS) is 1. The van der Waals surface area contributed by atoms with Gasteiger partial charge in [-0.15, -0.1) is 0 Å². The van der Waals surface area contributed by atoms with Gasteiger partial charge < -0.3 is 10.4 Å². The lowest BCUT2D eigenvalue weighted by atomic mass is 10.0. The number of amides is 1. The van der Waals surface area contributed by atoms with Gasteiger partial charge in [0, 0.05) is 5.56 Å². The van der Waals surface area contributed by atoms with E-state index in [0.29, 0.717) is 0 Å². The third kappa shape index (κ3) is 4.42. The van der Waals surface area contributed by atoms with E-state index in [0.717, 1.165) is 6.07 Å². The van der Waals surface area contributed by atoms with Gasteiger partial charge in [0.05, 0.1) is 5.02 Å². The maximum Gasteiger partial charge on any atom is 0.326 e.